The van der Waals surface area contributed by atoms with Crippen LogP contribution in [-0.4, -0.2) is 42.0 Å². The molecule has 0 aliphatic heterocycles. The molecule has 1 aromatic rings. The van der Waals surface area contributed by atoms with Crippen molar-refractivity contribution >= 4 is 11.9 Å². The molecule has 0 heterocycles. The van der Waals surface area contributed by atoms with Crippen LogP contribution in [0.1, 0.15) is 30.6 Å². The molecule has 0 saturated carbocycles. The van der Waals surface area contributed by atoms with Gasteiger partial charge in [-0.25, -0.2) is 0 Å². The first-order valence-corrected chi connectivity index (χ1v) is 6.65. The van der Waals surface area contributed by atoms with Gasteiger partial charge in [-0.1, -0.05) is 24.3 Å². The third kappa shape index (κ3) is 5.53. The number of ether oxygens (including phenoxy) is 2. The highest BCUT2D eigenvalue weighted by molar-refractivity contribution is 5.72. The van der Waals surface area contributed by atoms with Crippen LogP contribution >= 0.6 is 0 Å². The highest BCUT2D eigenvalue weighted by Crippen LogP contribution is 2.20. The standard InChI is InChI=1S/C15H20O6/c1-3-21-14(18)9-12(16)15(19)11-6-4-5-10(7-11)8-13(17)20-2/h4-7,12,15-16,19H,3,8-9H2,1-2H3. The van der Waals surface area contributed by atoms with Crippen LogP contribution in [0.2, 0.25) is 0 Å². The number of hydrogen-bond acceptors (Lipinski definition) is 6. The molecule has 6 nitrogen and oxygen atoms in total. The Morgan fingerprint density at radius 1 is 1.24 bits per heavy atom. The van der Waals surface area contributed by atoms with E-state index in [0.717, 1.165) is 0 Å². The summed E-state index contributed by atoms with van der Waals surface area (Å²) in [5.74, 6) is -0.969. The predicted octanol–water partition coefficient (Wildman–Crippen LogP) is 0.750. The van der Waals surface area contributed by atoms with Gasteiger partial charge in [-0.2, -0.15) is 0 Å². The van der Waals surface area contributed by atoms with Crippen molar-refractivity contribution < 1.29 is 29.3 Å². The molecule has 0 fully saturated rings. The predicted molar refractivity (Wildman–Crippen MR) is 74.4 cm³/mol. The third-order valence-corrected chi connectivity index (χ3v) is 2.91. The Hall–Kier alpha value is -1.92. The van der Waals surface area contributed by atoms with Crippen molar-refractivity contribution in [2.45, 2.75) is 32.0 Å². The molecular formula is C15H20O6. The number of hydrogen-bond donors (Lipinski definition) is 2. The summed E-state index contributed by atoms with van der Waals surface area (Å²) in [6.07, 6.45) is -2.72. The highest BCUT2D eigenvalue weighted by atomic mass is 16.5. The topological polar surface area (TPSA) is 93.1 Å². The lowest BCUT2D eigenvalue weighted by Gasteiger charge is -2.18. The average Bonchev–Trinajstić information content (AvgIpc) is 2.46. The first-order chi connectivity index (χ1) is 9.97. The monoisotopic (exact) mass is 296 g/mol. The number of esters is 2. The van der Waals surface area contributed by atoms with Crippen molar-refractivity contribution in [3.05, 3.63) is 35.4 Å². The molecule has 0 radical (unpaired) electrons. The molecule has 0 spiro atoms. The molecule has 2 unspecified atom stereocenters. The summed E-state index contributed by atoms with van der Waals surface area (Å²) in [5.41, 5.74) is 1.08. The van der Waals surface area contributed by atoms with Crippen molar-refractivity contribution in [2.75, 3.05) is 13.7 Å². The average molecular weight is 296 g/mol. The lowest BCUT2D eigenvalue weighted by Crippen LogP contribution is -2.23. The first-order valence-electron chi connectivity index (χ1n) is 6.65. The van der Waals surface area contributed by atoms with Crippen LogP contribution in [-0.2, 0) is 25.5 Å². The lowest BCUT2D eigenvalue weighted by atomic mass is 9.99. The molecule has 1 aromatic carbocycles. The van der Waals surface area contributed by atoms with Gasteiger partial charge < -0.3 is 19.7 Å². The zero-order valence-corrected chi connectivity index (χ0v) is 12.1. The normalized spacial score (nSPS) is 13.3. The van der Waals surface area contributed by atoms with Crippen molar-refractivity contribution in [2.24, 2.45) is 0 Å². The quantitative estimate of drug-likeness (QED) is 0.721. The number of aliphatic hydroxyl groups is 2. The summed E-state index contributed by atoms with van der Waals surface area (Å²) in [6, 6.07) is 6.58. The Bertz CT molecular complexity index is 485. The Labute approximate surface area is 123 Å². The maximum absolute atomic E-state index is 11.3. The minimum absolute atomic E-state index is 0.0744. The zero-order chi connectivity index (χ0) is 15.8. The van der Waals surface area contributed by atoms with Gasteiger partial charge in [0.1, 0.15) is 6.10 Å². The van der Waals surface area contributed by atoms with Gasteiger partial charge in [-0.3, -0.25) is 9.59 Å². The molecule has 0 aliphatic rings. The van der Waals surface area contributed by atoms with Crippen LogP contribution in [0.3, 0.4) is 0 Å². The molecule has 0 aliphatic carbocycles. The molecule has 6 heteroatoms. The van der Waals surface area contributed by atoms with E-state index in [1.54, 1.807) is 31.2 Å². The van der Waals surface area contributed by atoms with E-state index in [0.29, 0.717) is 11.1 Å². The Morgan fingerprint density at radius 3 is 2.57 bits per heavy atom. The fourth-order valence-electron chi connectivity index (χ4n) is 1.85. The van der Waals surface area contributed by atoms with Crippen LogP contribution in [0.25, 0.3) is 0 Å². The summed E-state index contributed by atoms with van der Waals surface area (Å²) in [5, 5.41) is 19.9. The van der Waals surface area contributed by atoms with Gasteiger partial charge in [-0.05, 0) is 18.1 Å². The number of carbonyl (C=O) groups excluding carboxylic acids is 2. The summed E-state index contributed by atoms with van der Waals surface area (Å²) in [6.45, 7) is 1.88. The molecule has 116 valence electrons. The minimum atomic E-state index is -1.27. The molecule has 0 saturated heterocycles. The summed E-state index contributed by atoms with van der Waals surface area (Å²) < 4.78 is 9.29. The second kappa shape index (κ2) is 8.39. The molecule has 2 N–H and O–H groups in total. The van der Waals surface area contributed by atoms with Gasteiger partial charge in [0.15, 0.2) is 0 Å². The minimum Gasteiger partial charge on any atom is -0.469 e. The maximum atomic E-state index is 11.3. The van der Waals surface area contributed by atoms with E-state index in [-0.39, 0.29) is 19.4 Å². The zero-order valence-electron chi connectivity index (χ0n) is 12.1. The van der Waals surface area contributed by atoms with Crippen LogP contribution in [0.5, 0.6) is 0 Å². The number of benzene rings is 1. The Morgan fingerprint density at radius 2 is 1.95 bits per heavy atom. The fraction of sp³-hybridized carbons (Fsp3) is 0.467. The van der Waals surface area contributed by atoms with Gasteiger partial charge in [0.25, 0.3) is 0 Å². The van der Waals surface area contributed by atoms with E-state index in [1.807, 2.05) is 0 Å². The number of rotatable bonds is 7. The summed E-state index contributed by atoms with van der Waals surface area (Å²) in [7, 11) is 1.30. The van der Waals surface area contributed by atoms with Gasteiger partial charge in [0, 0.05) is 0 Å². The van der Waals surface area contributed by atoms with Crippen LogP contribution in [0, 0.1) is 0 Å². The fourth-order valence-corrected chi connectivity index (χ4v) is 1.85. The van der Waals surface area contributed by atoms with Gasteiger partial charge in [0.05, 0.1) is 32.7 Å². The highest BCUT2D eigenvalue weighted by Gasteiger charge is 2.22. The SMILES string of the molecule is CCOC(=O)CC(O)C(O)c1cccc(CC(=O)OC)c1. The Balaban J connectivity index is 2.72. The smallest absolute Gasteiger partial charge is 0.309 e. The van der Waals surface area contributed by atoms with Crippen LogP contribution in [0.15, 0.2) is 24.3 Å². The van der Waals surface area contributed by atoms with Crippen molar-refractivity contribution in [1.29, 1.82) is 0 Å². The Kier molecular flexibility index (Phi) is 6.84. The molecule has 21 heavy (non-hydrogen) atoms. The third-order valence-electron chi connectivity index (χ3n) is 2.91. The van der Waals surface area contributed by atoms with E-state index in [4.69, 9.17) is 4.74 Å². The van der Waals surface area contributed by atoms with E-state index in [1.165, 1.54) is 7.11 Å². The van der Waals surface area contributed by atoms with Gasteiger partial charge >= 0.3 is 11.9 Å². The van der Waals surface area contributed by atoms with E-state index >= 15 is 0 Å². The van der Waals surface area contributed by atoms with E-state index < -0.39 is 24.1 Å². The van der Waals surface area contributed by atoms with Gasteiger partial charge in [-0.15, -0.1) is 0 Å². The first kappa shape index (κ1) is 17.1. The van der Waals surface area contributed by atoms with Crippen LogP contribution < -0.4 is 0 Å². The van der Waals surface area contributed by atoms with E-state index in [2.05, 4.69) is 4.74 Å². The van der Waals surface area contributed by atoms with E-state index in [9.17, 15) is 19.8 Å². The molecule has 0 aromatic heterocycles. The second-order valence-corrected chi connectivity index (χ2v) is 4.52. The molecule has 0 bridgehead atoms. The van der Waals surface area contributed by atoms with Crippen molar-refractivity contribution in [3.63, 3.8) is 0 Å². The number of methoxy groups -OCH3 is 1. The molecule has 1 rings (SSSR count). The van der Waals surface area contributed by atoms with Crippen molar-refractivity contribution in [1.82, 2.24) is 0 Å². The molecule has 2 atom stereocenters. The molecular weight excluding hydrogens is 276 g/mol. The molecule has 0 amide bonds. The summed E-state index contributed by atoms with van der Waals surface area (Å²) in [4.78, 5) is 22.5. The van der Waals surface area contributed by atoms with Crippen molar-refractivity contribution in [3.8, 4) is 0 Å². The second-order valence-electron chi connectivity index (χ2n) is 4.52. The maximum Gasteiger partial charge on any atom is 0.309 e. The lowest BCUT2D eigenvalue weighted by molar-refractivity contribution is -0.147. The van der Waals surface area contributed by atoms with Crippen LogP contribution in [0.4, 0.5) is 0 Å². The largest absolute Gasteiger partial charge is 0.469 e. The summed E-state index contributed by atoms with van der Waals surface area (Å²) >= 11 is 0. The number of aliphatic hydroxyl groups excluding tert-OH is 2. The van der Waals surface area contributed by atoms with Gasteiger partial charge in [0.2, 0.25) is 0 Å². The number of carbonyl (C=O) groups is 2.